The first-order chi connectivity index (χ1) is 6.33. The summed E-state index contributed by atoms with van der Waals surface area (Å²) in [6.45, 7) is 0.410. The topological polar surface area (TPSA) is 79.6 Å². The number of aliphatic hydroxyl groups excluding tert-OH is 1. The van der Waals surface area contributed by atoms with E-state index in [0.29, 0.717) is 22.3 Å². The van der Waals surface area contributed by atoms with Gasteiger partial charge in [-0.1, -0.05) is 17.4 Å². The van der Waals surface area contributed by atoms with E-state index in [9.17, 15) is 0 Å². The second-order valence-electron chi connectivity index (χ2n) is 2.44. The average Bonchev–Trinajstić information content (AvgIpc) is 2.51. The third-order valence-corrected chi connectivity index (χ3v) is 1.93. The van der Waals surface area contributed by atoms with E-state index in [-0.39, 0.29) is 6.61 Å². The van der Waals surface area contributed by atoms with Crippen molar-refractivity contribution >= 4 is 23.4 Å². The Balaban J connectivity index is 2.68. The number of rotatable bonds is 2. The predicted molar refractivity (Wildman–Crippen MR) is 47.6 cm³/mol. The van der Waals surface area contributed by atoms with Gasteiger partial charge in [-0.05, 0) is 0 Å². The van der Waals surface area contributed by atoms with Crippen LogP contribution in [0.25, 0.3) is 11.2 Å². The van der Waals surface area contributed by atoms with Crippen molar-refractivity contribution in [2.24, 2.45) is 0 Å². The van der Waals surface area contributed by atoms with Gasteiger partial charge in [0.25, 0.3) is 0 Å². The van der Waals surface area contributed by atoms with E-state index >= 15 is 0 Å². The van der Waals surface area contributed by atoms with Crippen molar-refractivity contribution in [2.75, 3.05) is 6.61 Å². The molecule has 0 aromatic carbocycles. The summed E-state index contributed by atoms with van der Waals surface area (Å²) in [6, 6.07) is 0. The Bertz CT molecular complexity index is 475. The van der Waals surface area contributed by atoms with E-state index in [0.717, 1.165) is 0 Å². The van der Waals surface area contributed by atoms with Crippen LogP contribution in [0.15, 0.2) is 6.33 Å². The fraction of sp³-hybridized carbons (Fsp3) is 0.333. The lowest BCUT2D eigenvalue weighted by atomic mass is 10.5. The van der Waals surface area contributed by atoms with Crippen molar-refractivity contribution in [1.29, 1.82) is 0 Å². The minimum Gasteiger partial charge on any atom is -0.394 e. The lowest BCUT2D eigenvalue weighted by Gasteiger charge is -1.96. The molecule has 2 aromatic rings. The molecule has 0 aliphatic carbocycles. The number of aromatic amines is 1. The molecule has 0 bridgehead atoms. The Kier molecular flexibility index (Phi) is 2.03. The number of hydrogen-bond donors (Lipinski definition) is 2. The molecule has 2 N–H and O–H groups in total. The van der Waals surface area contributed by atoms with Crippen molar-refractivity contribution in [3.8, 4) is 0 Å². The third kappa shape index (κ3) is 1.31. The quantitative estimate of drug-likeness (QED) is 0.656. The van der Waals surface area contributed by atoms with Crippen molar-refractivity contribution < 1.29 is 5.11 Å². The van der Waals surface area contributed by atoms with Crippen LogP contribution < -0.4 is 0 Å². The number of fused-ring (bicyclic) bond motifs is 1. The Morgan fingerprint density at radius 3 is 3.23 bits per heavy atom. The molecule has 0 atom stereocenters. The third-order valence-electron chi connectivity index (χ3n) is 1.63. The molecule has 68 valence electrons. The summed E-state index contributed by atoms with van der Waals surface area (Å²) < 4.78 is 1.96. The maximum atomic E-state index is 8.72. The standard InChI is InChI=1S/C6H7N5OS/c12-2-1-11-5-4(9-10-11)6(13)8-3-7-5/h3,12H,1-2H2,(H,7,8,13). The van der Waals surface area contributed by atoms with Gasteiger partial charge in [0.1, 0.15) is 0 Å². The minimum absolute atomic E-state index is 0.0153. The first kappa shape index (κ1) is 8.27. The normalized spacial score (nSPS) is 10.8. The molecule has 0 spiro atoms. The van der Waals surface area contributed by atoms with Gasteiger partial charge in [0, 0.05) is 0 Å². The summed E-state index contributed by atoms with van der Waals surface area (Å²) >= 11 is 4.94. The monoisotopic (exact) mass is 197 g/mol. The van der Waals surface area contributed by atoms with E-state index < -0.39 is 0 Å². The van der Waals surface area contributed by atoms with Crippen LogP contribution in [0.5, 0.6) is 0 Å². The van der Waals surface area contributed by atoms with Crippen LogP contribution in [-0.2, 0) is 6.54 Å². The zero-order chi connectivity index (χ0) is 9.26. The average molecular weight is 197 g/mol. The largest absolute Gasteiger partial charge is 0.394 e. The van der Waals surface area contributed by atoms with Gasteiger partial charge in [0.05, 0.1) is 19.5 Å². The highest BCUT2D eigenvalue weighted by molar-refractivity contribution is 7.71. The molecular weight excluding hydrogens is 190 g/mol. The number of nitrogens with zero attached hydrogens (tertiary/aromatic N) is 4. The molecule has 0 fully saturated rings. The van der Waals surface area contributed by atoms with Gasteiger partial charge in [-0.2, -0.15) is 0 Å². The molecule has 0 saturated heterocycles. The van der Waals surface area contributed by atoms with Crippen LogP contribution in [0.2, 0.25) is 0 Å². The van der Waals surface area contributed by atoms with Crippen LogP contribution >= 0.6 is 12.2 Å². The van der Waals surface area contributed by atoms with E-state index in [4.69, 9.17) is 17.3 Å². The van der Waals surface area contributed by atoms with Gasteiger partial charge in [-0.25, -0.2) is 9.67 Å². The highest BCUT2D eigenvalue weighted by Gasteiger charge is 2.04. The lowest BCUT2D eigenvalue weighted by Crippen LogP contribution is -2.04. The summed E-state index contributed by atoms with van der Waals surface area (Å²) in [6.07, 6.45) is 1.49. The molecule has 6 nitrogen and oxygen atoms in total. The SMILES string of the molecule is OCCn1nnc2c(=S)nc[nH]c21. The summed E-state index contributed by atoms with van der Waals surface area (Å²) in [5.41, 5.74) is 1.25. The van der Waals surface area contributed by atoms with E-state index in [1.54, 1.807) is 4.68 Å². The second kappa shape index (κ2) is 3.19. The molecule has 0 saturated carbocycles. The first-order valence-corrected chi connectivity index (χ1v) is 4.11. The summed E-state index contributed by atoms with van der Waals surface area (Å²) in [5.74, 6) is 0. The highest BCUT2D eigenvalue weighted by atomic mass is 32.1. The Morgan fingerprint density at radius 2 is 2.46 bits per heavy atom. The maximum Gasteiger partial charge on any atom is 0.166 e. The molecule has 0 amide bonds. The second-order valence-corrected chi connectivity index (χ2v) is 2.83. The molecule has 0 radical (unpaired) electrons. The van der Waals surface area contributed by atoms with Crippen LogP contribution in [0.1, 0.15) is 0 Å². The maximum absolute atomic E-state index is 8.72. The van der Waals surface area contributed by atoms with Gasteiger partial charge in [0.15, 0.2) is 15.8 Å². The Hall–Kier alpha value is -1.34. The van der Waals surface area contributed by atoms with Crippen molar-refractivity contribution in [1.82, 2.24) is 25.0 Å². The molecule has 2 heterocycles. The van der Waals surface area contributed by atoms with Gasteiger partial charge in [0.2, 0.25) is 0 Å². The van der Waals surface area contributed by atoms with Crippen molar-refractivity contribution in [3.63, 3.8) is 0 Å². The first-order valence-electron chi connectivity index (χ1n) is 3.70. The van der Waals surface area contributed by atoms with Crippen LogP contribution in [-0.4, -0.2) is 36.7 Å². The molecule has 0 unspecified atom stereocenters. The number of hydrogen-bond acceptors (Lipinski definition) is 5. The molecule has 2 rings (SSSR count). The fourth-order valence-corrected chi connectivity index (χ4v) is 1.25. The molecule has 7 heteroatoms. The van der Waals surface area contributed by atoms with Gasteiger partial charge in [-0.15, -0.1) is 5.10 Å². The van der Waals surface area contributed by atoms with Crippen molar-refractivity contribution in [3.05, 3.63) is 11.0 Å². The van der Waals surface area contributed by atoms with E-state index in [1.165, 1.54) is 6.33 Å². The zero-order valence-corrected chi connectivity index (χ0v) is 7.45. The van der Waals surface area contributed by atoms with E-state index in [1.807, 2.05) is 0 Å². The fourth-order valence-electron chi connectivity index (χ4n) is 1.06. The number of aromatic nitrogens is 5. The zero-order valence-electron chi connectivity index (χ0n) is 6.64. The number of nitrogens with one attached hydrogen (secondary N) is 1. The molecule has 2 aromatic heterocycles. The summed E-state index contributed by atoms with van der Waals surface area (Å²) in [7, 11) is 0. The smallest absolute Gasteiger partial charge is 0.166 e. The Labute approximate surface area is 78.2 Å². The minimum atomic E-state index is 0.0153. The Morgan fingerprint density at radius 1 is 1.62 bits per heavy atom. The molecule has 0 aliphatic rings. The number of aliphatic hydroxyl groups is 1. The predicted octanol–water partition coefficient (Wildman–Crippen LogP) is -0.124. The summed E-state index contributed by atoms with van der Waals surface area (Å²) in [5, 5.41) is 16.4. The molecular formula is C6H7N5OS. The molecule has 0 aliphatic heterocycles. The van der Waals surface area contributed by atoms with E-state index in [2.05, 4.69) is 20.3 Å². The molecule has 13 heavy (non-hydrogen) atoms. The lowest BCUT2D eigenvalue weighted by molar-refractivity contribution is 0.270. The van der Waals surface area contributed by atoms with Crippen molar-refractivity contribution in [2.45, 2.75) is 6.54 Å². The van der Waals surface area contributed by atoms with Crippen LogP contribution in [0.4, 0.5) is 0 Å². The summed E-state index contributed by atoms with van der Waals surface area (Å²) in [4.78, 5) is 6.74. The van der Waals surface area contributed by atoms with Crippen LogP contribution in [0.3, 0.4) is 0 Å². The van der Waals surface area contributed by atoms with Crippen LogP contribution in [0, 0.1) is 4.64 Å². The van der Waals surface area contributed by atoms with Gasteiger partial charge in [-0.3, -0.25) is 0 Å². The highest BCUT2D eigenvalue weighted by Crippen LogP contribution is 2.06. The van der Waals surface area contributed by atoms with Gasteiger partial charge >= 0.3 is 0 Å². The number of H-pyrrole nitrogens is 1. The van der Waals surface area contributed by atoms with Gasteiger partial charge < -0.3 is 10.1 Å².